The smallest absolute Gasteiger partial charge is 0.203 e. The Morgan fingerprint density at radius 3 is 1.96 bits per heavy atom. The molecular formula is C20H19NO5. The highest BCUT2D eigenvalue weighted by atomic mass is 16.5. The summed E-state index contributed by atoms with van der Waals surface area (Å²) in [6, 6.07) is 11.8. The molecule has 2 aromatic rings. The minimum atomic E-state index is -0.396. The maximum absolute atomic E-state index is 12.6. The van der Waals surface area contributed by atoms with E-state index in [2.05, 4.69) is 0 Å². The van der Waals surface area contributed by atoms with Gasteiger partial charge < -0.3 is 18.9 Å². The van der Waals surface area contributed by atoms with Gasteiger partial charge in [-0.2, -0.15) is 5.26 Å². The predicted molar refractivity (Wildman–Crippen MR) is 97.0 cm³/mol. The largest absolute Gasteiger partial charge is 0.497 e. The van der Waals surface area contributed by atoms with Crippen LogP contribution in [0.4, 0.5) is 0 Å². The Balaban J connectivity index is 2.47. The SMILES string of the molecule is COc1ccc(C(=O)/C(C#N)=C/c2cc(OC)c(OC)cc2OC)cc1. The first-order valence-corrected chi connectivity index (χ1v) is 7.68. The van der Waals surface area contributed by atoms with Crippen molar-refractivity contribution >= 4 is 11.9 Å². The van der Waals surface area contributed by atoms with E-state index in [1.807, 2.05) is 6.07 Å². The van der Waals surface area contributed by atoms with Gasteiger partial charge in [-0.05, 0) is 36.4 Å². The number of hydrogen-bond acceptors (Lipinski definition) is 6. The summed E-state index contributed by atoms with van der Waals surface area (Å²) in [5.41, 5.74) is 0.891. The summed E-state index contributed by atoms with van der Waals surface area (Å²) >= 11 is 0. The molecule has 0 fully saturated rings. The fourth-order valence-electron chi connectivity index (χ4n) is 2.37. The second kappa shape index (κ2) is 8.58. The number of carbonyl (C=O) groups is 1. The summed E-state index contributed by atoms with van der Waals surface area (Å²) in [5, 5.41) is 9.45. The molecule has 0 saturated carbocycles. The highest BCUT2D eigenvalue weighted by molar-refractivity contribution is 6.14. The Kier molecular flexibility index (Phi) is 6.23. The van der Waals surface area contributed by atoms with Gasteiger partial charge in [0.1, 0.15) is 23.1 Å². The number of allylic oxidation sites excluding steroid dienone is 1. The molecule has 0 amide bonds. The number of benzene rings is 2. The minimum Gasteiger partial charge on any atom is -0.497 e. The molecule has 0 bridgehead atoms. The van der Waals surface area contributed by atoms with E-state index in [0.717, 1.165) is 0 Å². The van der Waals surface area contributed by atoms with Crippen LogP contribution in [0.3, 0.4) is 0 Å². The molecule has 6 nitrogen and oxygen atoms in total. The van der Waals surface area contributed by atoms with Crippen LogP contribution in [0.25, 0.3) is 6.08 Å². The number of Topliss-reactive ketones (excluding diaryl/α,β-unsaturated/α-hetero) is 1. The van der Waals surface area contributed by atoms with Gasteiger partial charge in [-0.15, -0.1) is 0 Å². The lowest BCUT2D eigenvalue weighted by Crippen LogP contribution is -2.02. The maximum Gasteiger partial charge on any atom is 0.203 e. The van der Waals surface area contributed by atoms with Gasteiger partial charge in [0.15, 0.2) is 11.5 Å². The zero-order chi connectivity index (χ0) is 19.1. The van der Waals surface area contributed by atoms with Gasteiger partial charge in [-0.3, -0.25) is 4.79 Å². The Morgan fingerprint density at radius 1 is 0.885 bits per heavy atom. The first kappa shape index (κ1) is 18.9. The van der Waals surface area contributed by atoms with Crippen molar-refractivity contribution in [3.63, 3.8) is 0 Å². The molecule has 0 aromatic heterocycles. The Labute approximate surface area is 152 Å². The van der Waals surface area contributed by atoms with E-state index in [-0.39, 0.29) is 5.57 Å². The van der Waals surface area contributed by atoms with Gasteiger partial charge in [0.05, 0.1) is 28.4 Å². The van der Waals surface area contributed by atoms with Crippen LogP contribution < -0.4 is 18.9 Å². The third kappa shape index (κ3) is 3.95. The van der Waals surface area contributed by atoms with Crippen molar-refractivity contribution < 1.29 is 23.7 Å². The van der Waals surface area contributed by atoms with Crippen LogP contribution in [0.2, 0.25) is 0 Å². The number of hydrogen-bond donors (Lipinski definition) is 0. The summed E-state index contributed by atoms with van der Waals surface area (Å²) in [6.45, 7) is 0. The standard InChI is InChI=1S/C20H19NO5/c1-23-16-7-5-13(6-8-16)20(22)15(12-21)9-14-10-18(25-3)19(26-4)11-17(14)24-2/h5-11H,1-4H3/b15-9+. The number of methoxy groups -OCH3 is 4. The Morgan fingerprint density at radius 2 is 1.46 bits per heavy atom. The minimum absolute atomic E-state index is 0.0271. The summed E-state index contributed by atoms with van der Waals surface area (Å²) < 4.78 is 20.9. The lowest BCUT2D eigenvalue weighted by atomic mass is 10.0. The van der Waals surface area contributed by atoms with Crippen molar-refractivity contribution in [1.29, 1.82) is 5.26 Å². The molecule has 6 heteroatoms. The third-order valence-corrected chi connectivity index (χ3v) is 3.75. The van der Waals surface area contributed by atoms with Crippen LogP contribution in [0.15, 0.2) is 42.0 Å². The van der Waals surface area contributed by atoms with Crippen molar-refractivity contribution in [2.24, 2.45) is 0 Å². The van der Waals surface area contributed by atoms with Crippen LogP contribution in [0.5, 0.6) is 23.0 Å². The molecule has 0 aliphatic carbocycles. The number of rotatable bonds is 7. The molecule has 0 N–H and O–H groups in total. The summed E-state index contributed by atoms with van der Waals surface area (Å²) in [6.07, 6.45) is 1.47. The number of nitrogens with zero attached hydrogens (tertiary/aromatic N) is 1. The topological polar surface area (TPSA) is 77.8 Å². The molecule has 0 aliphatic heterocycles. The van der Waals surface area contributed by atoms with Gasteiger partial charge in [0, 0.05) is 17.2 Å². The summed E-state index contributed by atoms with van der Waals surface area (Å²) in [7, 11) is 6.06. The number of ether oxygens (including phenoxy) is 4. The average Bonchev–Trinajstić information content (AvgIpc) is 2.70. The van der Waals surface area contributed by atoms with E-state index in [4.69, 9.17) is 18.9 Å². The first-order valence-electron chi connectivity index (χ1n) is 7.68. The maximum atomic E-state index is 12.6. The lowest BCUT2D eigenvalue weighted by molar-refractivity contribution is 0.104. The van der Waals surface area contributed by atoms with E-state index in [1.165, 1.54) is 27.4 Å². The van der Waals surface area contributed by atoms with Gasteiger partial charge in [0.2, 0.25) is 5.78 Å². The number of carbonyl (C=O) groups excluding carboxylic acids is 1. The molecule has 0 unspecified atom stereocenters. The number of ketones is 1. The van der Waals surface area contributed by atoms with E-state index < -0.39 is 5.78 Å². The van der Waals surface area contributed by atoms with Gasteiger partial charge in [-0.25, -0.2) is 0 Å². The average molecular weight is 353 g/mol. The van der Waals surface area contributed by atoms with Crippen molar-refractivity contribution in [3.8, 4) is 29.1 Å². The molecule has 134 valence electrons. The van der Waals surface area contributed by atoms with Crippen molar-refractivity contribution in [2.45, 2.75) is 0 Å². The van der Waals surface area contributed by atoms with E-state index in [0.29, 0.717) is 34.1 Å². The second-order valence-electron chi connectivity index (χ2n) is 5.18. The predicted octanol–water partition coefficient (Wildman–Crippen LogP) is 3.51. The molecule has 26 heavy (non-hydrogen) atoms. The normalized spacial score (nSPS) is 10.7. The van der Waals surface area contributed by atoms with Crippen molar-refractivity contribution in [3.05, 3.63) is 53.1 Å². The fraction of sp³-hybridized carbons (Fsp3) is 0.200. The van der Waals surface area contributed by atoms with Gasteiger partial charge >= 0.3 is 0 Å². The molecule has 0 aliphatic rings. The van der Waals surface area contributed by atoms with Crippen LogP contribution in [-0.2, 0) is 0 Å². The lowest BCUT2D eigenvalue weighted by Gasteiger charge is -2.12. The molecule has 0 atom stereocenters. The quantitative estimate of drug-likeness (QED) is 0.431. The number of nitriles is 1. The Bertz CT molecular complexity index is 863. The third-order valence-electron chi connectivity index (χ3n) is 3.75. The summed E-state index contributed by atoms with van der Waals surface area (Å²) in [4.78, 5) is 12.6. The Hall–Kier alpha value is -3.46. The van der Waals surface area contributed by atoms with Crippen molar-refractivity contribution in [2.75, 3.05) is 28.4 Å². The molecule has 0 radical (unpaired) electrons. The zero-order valence-electron chi connectivity index (χ0n) is 15.0. The van der Waals surface area contributed by atoms with E-state index in [9.17, 15) is 10.1 Å². The summed E-state index contributed by atoms with van der Waals surface area (Å²) in [5.74, 6) is 1.64. The molecule has 2 aromatic carbocycles. The molecule has 2 rings (SSSR count). The highest BCUT2D eigenvalue weighted by Crippen LogP contribution is 2.35. The molecule has 0 spiro atoms. The van der Waals surface area contributed by atoms with Crippen LogP contribution in [-0.4, -0.2) is 34.2 Å². The molecular weight excluding hydrogens is 334 g/mol. The fourth-order valence-corrected chi connectivity index (χ4v) is 2.37. The van der Waals surface area contributed by atoms with Crippen molar-refractivity contribution in [1.82, 2.24) is 0 Å². The molecule has 0 saturated heterocycles. The zero-order valence-corrected chi connectivity index (χ0v) is 15.0. The first-order chi connectivity index (χ1) is 12.6. The van der Waals surface area contributed by atoms with Crippen LogP contribution in [0, 0.1) is 11.3 Å². The monoisotopic (exact) mass is 353 g/mol. The van der Waals surface area contributed by atoms with Gasteiger partial charge in [0.25, 0.3) is 0 Å². The van der Waals surface area contributed by atoms with Crippen LogP contribution in [0.1, 0.15) is 15.9 Å². The van der Waals surface area contributed by atoms with E-state index >= 15 is 0 Å². The molecule has 0 heterocycles. The van der Waals surface area contributed by atoms with Crippen LogP contribution >= 0.6 is 0 Å². The van der Waals surface area contributed by atoms with E-state index in [1.54, 1.807) is 43.5 Å². The highest BCUT2D eigenvalue weighted by Gasteiger charge is 2.16. The van der Waals surface area contributed by atoms with Gasteiger partial charge in [-0.1, -0.05) is 0 Å². The second-order valence-corrected chi connectivity index (χ2v) is 5.18.